The molecule has 0 bridgehead atoms. The SMILES string of the molecule is Cc1ccc2c(c1)[C@@H]1C=CC[C@@H]1[C@H](c1ccc(N=Cc3cc4ccccc4[nH]3)cc1)N2. The zero-order valence-electron chi connectivity index (χ0n) is 17.5. The maximum Gasteiger partial charge on any atom is 0.0630 e. The van der Waals surface area contributed by atoms with Crippen molar-refractivity contribution in [1.82, 2.24) is 4.98 Å². The lowest BCUT2D eigenvalue weighted by atomic mass is 9.76. The topological polar surface area (TPSA) is 40.2 Å². The van der Waals surface area contributed by atoms with Crippen LogP contribution < -0.4 is 5.32 Å². The van der Waals surface area contributed by atoms with Crippen molar-refractivity contribution in [3.63, 3.8) is 0 Å². The van der Waals surface area contributed by atoms with Gasteiger partial charge >= 0.3 is 0 Å². The van der Waals surface area contributed by atoms with Crippen LogP contribution in [0.15, 0.2) is 89.9 Å². The minimum Gasteiger partial charge on any atom is -0.378 e. The Balaban J connectivity index is 1.25. The van der Waals surface area contributed by atoms with Crippen LogP contribution in [-0.2, 0) is 0 Å². The van der Waals surface area contributed by atoms with E-state index in [2.05, 4.69) is 101 Å². The number of fused-ring (bicyclic) bond motifs is 4. The highest BCUT2D eigenvalue weighted by molar-refractivity contribution is 5.90. The molecule has 2 N–H and O–H groups in total. The Kier molecular flexibility index (Phi) is 4.27. The zero-order valence-corrected chi connectivity index (χ0v) is 17.5. The fourth-order valence-corrected chi connectivity index (χ4v) is 5.12. The van der Waals surface area contributed by atoms with Gasteiger partial charge in [0.15, 0.2) is 0 Å². The summed E-state index contributed by atoms with van der Waals surface area (Å²) in [5.41, 5.74) is 8.49. The Morgan fingerprint density at radius 2 is 1.84 bits per heavy atom. The number of hydrogen-bond acceptors (Lipinski definition) is 2. The molecule has 2 heterocycles. The van der Waals surface area contributed by atoms with Gasteiger partial charge in [0, 0.05) is 22.5 Å². The highest BCUT2D eigenvalue weighted by Crippen LogP contribution is 2.50. The number of allylic oxidation sites excluding steroid dienone is 2. The van der Waals surface area contributed by atoms with Crippen molar-refractivity contribution in [3.8, 4) is 0 Å². The largest absolute Gasteiger partial charge is 0.378 e. The molecule has 1 aliphatic carbocycles. The van der Waals surface area contributed by atoms with Crippen molar-refractivity contribution in [2.75, 3.05) is 5.32 Å². The molecule has 2 aliphatic rings. The first-order valence-corrected chi connectivity index (χ1v) is 11.0. The molecule has 0 saturated heterocycles. The predicted octanol–water partition coefficient (Wildman–Crippen LogP) is 7.05. The average molecular weight is 404 g/mol. The Bertz CT molecular complexity index is 1280. The summed E-state index contributed by atoms with van der Waals surface area (Å²) in [6.45, 7) is 2.18. The summed E-state index contributed by atoms with van der Waals surface area (Å²) >= 11 is 0. The third-order valence-corrected chi connectivity index (χ3v) is 6.67. The van der Waals surface area contributed by atoms with Crippen LogP contribution in [0.2, 0.25) is 0 Å². The van der Waals surface area contributed by atoms with E-state index in [0.29, 0.717) is 17.9 Å². The summed E-state index contributed by atoms with van der Waals surface area (Å²) in [5, 5.41) is 5.03. The maximum atomic E-state index is 4.68. The summed E-state index contributed by atoms with van der Waals surface area (Å²) < 4.78 is 0. The minimum atomic E-state index is 0.321. The number of aromatic amines is 1. The third-order valence-electron chi connectivity index (χ3n) is 6.67. The van der Waals surface area contributed by atoms with Gasteiger partial charge in [0.2, 0.25) is 0 Å². The van der Waals surface area contributed by atoms with Gasteiger partial charge in [-0.3, -0.25) is 4.99 Å². The van der Waals surface area contributed by atoms with E-state index in [1.807, 2.05) is 12.3 Å². The van der Waals surface area contributed by atoms with Crippen LogP contribution in [0.25, 0.3) is 10.9 Å². The summed E-state index contributed by atoms with van der Waals surface area (Å²) in [6, 6.07) is 26.2. The lowest BCUT2D eigenvalue weighted by molar-refractivity contribution is 0.425. The van der Waals surface area contributed by atoms with E-state index in [0.717, 1.165) is 23.3 Å². The van der Waals surface area contributed by atoms with Gasteiger partial charge in [-0.1, -0.05) is 60.2 Å². The lowest BCUT2D eigenvalue weighted by Crippen LogP contribution is -2.29. The zero-order chi connectivity index (χ0) is 20.8. The number of rotatable bonds is 3. The fraction of sp³-hybridized carbons (Fsp3) is 0.179. The number of aryl methyl sites for hydroxylation is 1. The number of hydrogen-bond donors (Lipinski definition) is 2. The van der Waals surface area contributed by atoms with Crippen molar-refractivity contribution in [3.05, 3.63) is 107 Å². The quantitative estimate of drug-likeness (QED) is 0.279. The van der Waals surface area contributed by atoms with Gasteiger partial charge in [0.25, 0.3) is 0 Å². The van der Waals surface area contributed by atoms with Gasteiger partial charge in [-0.15, -0.1) is 0 Å². The normalized spacial score (nSPS) is 21.9. The molecule has 3 atom stereocenters. The Hall–Kier alpha value is -3.59. The maximum absolute atomic E-state index is 4.68. The van der Waals surface area contributed by atoms with Gasteiger partial charge in [-0.2, -0.15) is 0 Å². The van der Waals surface area contributed by atoms with Crippen molar-refractivity contribution in [2.45, 2.75) is 25.3 Å². The molecule has 6 rings (SSSR count). The van der Waals surface area contributed by atoms with Crippen LogP contribution in [0.3, 0.4) is 0 Å². The first kappa shape index (κ1) is 18.2. The lowest BCUT2D eigenvalue weighted by Gasteiger charge is -2.37. The van der Waals surface area contributed by atoms with Crippen LogP contribution in [-0.4, -0.2) is 11.2 Å². The molecule has 0 saturated carbocycles. The summed E-state index contributed by atoms with van der Waals surface area (Å²) in [7, 11) is 0. The van der Waals surface area contributed by atoms with Crippen LogP contribution in [0, 0.1) is 12.8 Å². The molecule has 0 radical (unpaired) electrons. The highest BCUT2D eigenvalue weighted by Gasteiger charge is 2.37. The fourth-order valence-electron chi connectivity index (χ4n) is 5.12. The summed E-state index contributed by atoms with van der Waals surface area (Å²) in [4.78, 5) is 8.08. The molecule has 1 aromatic heterocycles. The monoisotopic (exact) mass is 403 g/mol. The number of aromatic nitrogens is 1. The first-order valence-electron chi connectivity index (χ1n) is 11.0. The summed E-state index contributed by atoms with van der Waals surface area (Å²) in [6.07, 6.45) is 7.77. The van der Waals surface area contributed by atoms with Gasteiger partial charge < -0.3 is 10.3 Å². The number of benzene rings is 3. The van der Waals surface area contributed by atoms with Crippen molar-refractivity contribution >= 4 is 28.5 Å². The number of aliphatic imine (C=N–C) groups is 1. The molecule has 4 aromatic rings. The van der Waals surface area contributed by atoms with E-state index >= 15 is 0 Å². The minimum absolute atomic E-state index is 0.321. The molecule has 0 unspecified atom stereocenters. The predicted molar refractivity (Wildman–Crippen MR) is 130 cm³/mol. The van der Waals surface area contributed by atoms with Crippen LogP contribution >= 0.6 is 0 Å². The number of H-pyrrole nitrogens is 1. The Morgan fingerprint density at radius 1 is 0.968 bits per heavy atom. The number of anilines is 1. The van der Waals surface area contributed by atoms with Crippen LogP contribution in [0.5, 0.6) is 0 Å². The van der Waals surface area contributed by atoms with Crippen molar-refractivity contribution in [1.29, 1.82) is 0 Å². The van der Waals surface area contributed by atoms with E-state index in [4.69, 9.17) is 0 Å². The molecule has 0 amide bonds. The molecule has 3 nitrogen and oxygen atoms in total. The second kappa shape index (κ2) is 7.28. The average Bonchev–Trinajstić information content (AvgIpc) is 3.45. The number of nitrogens with one attached hydrogen (secondary N) is 2. The molecule has 1 aliphatic heterocycles. The molecule has 3 heteroatoms. The van der Waals surface area contributed by atoms with Crippen LogP contribution in [0.1, 0.15) is 40.8 Å². The van der Waals surface area contributed by atoms with E-state index in [9.17, 15) is 0 Å². The standard InChI is InChI=1S/C28H25N3/c1-18-9-14-27-25(15-18)23-6-4-7-24(23)28(31-27)19-10-12-21(13-11-19)29-17-22-16-20-5-2-3-8-26(20)30-22/h2-6,8-17,23-24,28,30-31H,7H2,1H3/t23-,24+,28+/m1/s1. The van der Waals surface area contributed by atoms with Gasteiger partial charge in [0.1, 0.15) is 0 Å². The Labute approximate surface area is 182 Å². The van der Waals surface area contributed by atoms with Crippen molar-refractivity contribution < 1.29 is 0 Å². The summed E-state index contributed by atoms with van der Waals surface area (Å²) in [5.74, 6) is 1.07. The smallest absolute Gasteiger partial charge is 0.0630 e. The molecular formula is C28H25N3. The second-order valence-electron chi connectivity index (χ2n) is 8.73. The molecule has 0 fully saturated rings. The molecule has 3 aromatic carbocycles. The van der Waals surface area contributed by atoms with Gasteiger partial charge in [-0.25, -0.2) is 0 Å². The van der Waals surface area contributed by atoms with Gasteiger partial charge in [-0.05, 0) is 60.7 Å². The van der Waals surface area contributed by atoms with E-state index in [1.54, 1.807) is 0 Å². The Morgan fingerprint density at radius 3 is 2.71 bits per heavy atom. The molecular weight excluding hydrogens is 378 g/mol. The van der Waals surface area contributed by atoms with E-state index in [1.165, 1.54) is 27.8 Å². The van der Waals surface area contributed by atoms with Crippen LogP contribution in [0.4, 0.5) is 11.4 Å². The third kappa shape index (κ3) is 3.27. The first-order chi connectivity index (χ1) is 15.2. The molecule has 31 heavy (non-hydrogen) atoms. The molecule has 152 valence electrons. The number of nitrogens with zero attached hydrogens (tertiary/aromatic N) is 1. The van der Waals surface area contributed by atoms with Gasteiger partial charge in [0.05, 0.1) is 23.6 Å². The number of para-hydroxylation sites is 1. The van der Waals surface area contributed by atoms with Crippen molar-refractivity contribution in [2.24, 2.45) is 10.9 Å². The second-order valence-corrected chi connectivity index (χ2v) is 8.73. The molecule has 0 spiro atoms. The van der Waals surface area contributed by atoms with E-state index < -0.39 is 0 Å². The van der Waals surface area contributed by atoms with E-state index in [-0.39, 0.29) is 0 Å². The highest BCUT2D eigenvalue weighted by atomic mass is 15.0.